The molecular formula is C28H30N2O9. The van der Waals surface area contributed by atoms with E-state index in [0.29, 0.717) is 29.9 Å². The summed E-state index contributed by atoms with van der Waals surface area (Å²) >= 11 is 0. The van der Waals surface area contributed by atoms with Crippen molar-refractivity contribution in [1.29, 1.82) is 0 Å². The second-order valence-electron chi connectivity index (χ2n) is 8.07. The molecule has 0 aromatic heterocycles. The van der Waals surface area contributed by atoms with E-state index in [1.807, 2.05) is 0 Å². The fourth-order valence-corrected chi connectivity index (χ4v) is 3.88. The maximum absolute atomic E-state index is 13.6. The summed E-state index contributed by atoms with van der Waals surface area (Å²) in [6.07, 6.45) is 3.20. The van der Waals surface area contributed by atoms with Gasteiger partial charge in [-0.15, -0.1) is 6.58 Å². The van der Waals surface area contributed by atoms with Gasteiger partial charge >= 0.3 is 12.0 Å². The highest BCUT2D eigenvalue weighted by Gasteiger charge is 2.38. The van der Waals surface area contributed by atoms with Crippen LogP contribution in [0.4, 0.5) is 10.5 Å². The van der Waals surface area contributed by atoms with Gasteiger partial charge in [-0.25, -0.2) is 14.5 Å². The van der Waals surface area contributed by atoms with Crippen LogP contribution < -0.4 is 29.2 Å². The molecule has 11 heteroatoms. The summed E-state index contributed by atoms with van der Waals surface area (Å²) in [6, 6.07) is 6.92. The Labute approximate surface area is 225 Å². The van der Waals surface area contributed by atoms with E-state index in [1.165, 1.54) is 18.2 Å². The van der Waals surface area contributed by atoms with Crippen molar-refractivity contribution in [2.24, 2.45) is 0 Å². The molecule has 2 aromatic carbocycles. The molecule has 2 N–H and O–H groups in total. The number of carbonyl (C=O) groups excluding carboxylic acids is 3. The van der Waals surface area contributed by atoms with Gasteiger partial charge in [-0.2, -0.15) is 0 Å². The Bertz CT molecular complexity index is 1320. The molecule has 206 valence electrons. The third kappa shape index (κ3) is 6.75. The van der Waals surface area contributed by atoms with E-state index in [-0.39, 0.29) is 41.7 Å². The predicted octanol–water partition coefficient (Wildman–Crippen LogP) is 3.74. The van der Waals surface area contributed by atoms with Crippen molar-refractivity contribution in [3.63, 3.8) is 0 Å². The maximum Gasteiger partial charge on any atom is 0.341 e. The molecule has 0 spiro atoms. The van der Waals surface area contributed by atoms with Crippen LogP contribution in [0, 0.1) is 0 Å². The van der Waals surface area contributed by atoms with Crippen LogP contribution in [0.2, 0.25) is 0 Å². The molecule has 3 rings (SSSR count). The second-order valence-corrected chi connectivity index (χ2v) is 8.07. The lowest BCUT2D eigenvalue weighted by Crippen LogP contribution is -2.54. The smallest absolute Gasteiger partial charge is 0.341 e. The molecule has 1 aliphatic rings. The van der Waals surface area contributed by atoms with Crippen molar-refractivity contribution < 1.29 is 43.2 Å². The molecule has 1 fully saturated rings. The van der Waals surface area contributed by atoms with E-state index < -0.39 is 30.4 Å². The molecule has 0 saturated carbocycles. The van der Waals surface area contributed by atoms with Crippen LogP contribution >= 0.6 is 0 Å². The average Bonchev–Trinajstić information content (AvgIpc) is 2.88. The van der Waals surface area contributed by atoms with Crippen LogP contribution in [0.1, 0.15) is 31.9 Å². The van der Waals surface area contributed by atoms with E-state index in [2.05, 4.69) is 11.9 Å². The number of barbiturate groups is 1. The van der Waals surface area contributed by atoms with Crippen LogP contribution in [0.3, 0.4) is 0 Å². The SMILES string of the molecule is C=CCc1cc(/C=C2\C(=O)NC(=O)N(c3cc(OCC)ccc3OCC)C2=O)cc(OCC)c1OCC(=O)O. The molecule has 4 amide bonds. The van der Waals surface area contributed by atoms with Crippen LogP contribution in [0.25, 0.3) is 6.08 Å². The van der Waals surface area contributed by atoms with Crippen LogP contribution in [0.5, 0.6) is 23.0 Å². The van der Waals surface area contributed by atoms with Gasteiger partial charge < -0.3 is 24.1 Å². The lowest BCUT2D eigenvalue weighted by atomic mass is 10.0. The van der Waals surface area contributed by atoms with Gasteiger partial charge in [0, 0.05) is 11.6 Å². The predicted molar refractivity (Wildman–Crippen MR) is 142 cm³/mol. The van der Waals surface area contributed by atoms with Gasteiger partial charge in [0.15, 0.2) is 18.1 Å². The number of carboxylic acids is 1. The van der Waals surface area contributed by atoms with Crippen molar-refractivity contribution >= 4 is 35.6 Å². The zero-order chi connectivity index (χ0) is 28.5. The van der Waals surface area contributed by atoms with Crippen LogP contribution in [0.15, 0.2) is 48.6 Å². The summed E-state index contributed by atoms with van der Waals surface area (Å²) in [4.78, 5) is 51.1. The van der Waals surface area contributed by atoms with Gasteiger partial charge in [-0.3, -0.25) is 14.9 Å². The lowest BCUT2D eigenvalue weighted by Gasteiger charge is -2.28. The molecule has 0 radical (unpaired) electrons. The first-order valence-electron chi connectivity index (χ1n) is 12.3. The number of urea groups is 1. The Morgan fingerprint density at radius 3 is 2.31 bits per heavy atom. The maximum atomic E-state index is 13.6. The van der Waals surface area contributed by atoms with Crippen molar-refractivity contribution in [1.82, 2.24) is 5.32 Å². The molecule has 0 atom stereocenters. The van der Waals surface area contributed by atoms with Gasteiger partial charge in [-0.05, 0) is 63.1 Å². The number of nitrogens with zero attached hydrogens (tertiary/aromatic N) is 1. The van der Waals surface area contributed by atoms with Crippen molar-refractivity contribution in [2.45, 2.75) is 27.2 Å². The van der Waals surface area contributed by atoms with Gasteiger partial charge in [0.25, 0.3) is 11.8 Å². The number of aliphatic carboxylic acids is 1. The van der Waals surface area contributed by atoms with Crippen molar-refractivity contribution in [3.8, 4) is 23.0 Å². The van der Waals surface area contributed by atoms with Crippen LogP contribution in [-0.2, 0) is 20.8 Å². The topological polar surface area (TPSA) is 141 Å². The number of anilines is 1. The van der Waals surface area contributed by atoms with E-state index in [4.69, 9.17) is 24.1 Å². The molecular weight excluding hydrogens is 508 g/mol. The van der Waals surface area contributed by atoms with Crippen molar-refractivity contribution in [2.75, 3.05) is 31.3 Å². The molecule has 0 aliphatic carbocycles. The number of amides is 4. The minimum atomic E-state index is -1.16. The fraction of sp³-hybridized carbons (Fsp3) is 0.286. The third-order valence-electron chi connectivity index (χ3n) is 5.35. The number of carbonyl (C=O) groups is 4. The Hall–Kier alpha value is -4.80. The van der Waals surface area contributed by atoms with Gasteiger partial charge in [0.05, 0.1) is 25.5 Å². The Morgan fingerprint density at radius 1 is 0.974 bits per heavy atom. The van der Waals surface area contributed by atoms with Crippen molar-refractivity contribution in [3.05, 3.63) is 59.7 Å². The zero-order valence-electron chi connectivity index (χ0n) is 21.9. The van der Waals surface area contributed by atoms with E-state index >= 15 is 0 Å². The molecule has 2 aromatic rings. The Morgan fingerprint density at radius 2 is 1.67 bits per heavy atom. The van der Waals surface area contributed by atoms with E-state index in [9.17, 15) is 19.2 Å². The molecule has 1 aliphatic heterocycles. The number of nitrogens with one attached hydrogen (secondary N) is 1. The molecule has 1 heterocycles. The summed E-state index contributed by atoms with van der Waals surface area (Å²) in [5, 5.41) is 11.3. The van der Waals surface area contributed by atoms with E-state index in [0.717, 1.165) is 4.90 Å². The molecule has 11 nitrogen and oxygen atoms in total. The highest BCUT2D eigenvalue weighted by atomic mass is 16.5. The normalized spacial score (nSPS) is 14.2. The summed E-state index contributed by atoms with van der Waals surface area (Å²) < 4.78 is 22.3. The summed E-state index contributed by atoms with van der Waals surface area (Å²) in [5.74, 6) is -1.81. The molecule has 0 unspecified atom stereocenters. The van der Waals surface area contributed by atoms with E-state index in [1.54, 1.807) is 45.0 Å². The first-order valence-corrected chi connectivity index (χ1v) is 12.3. The van der Waals surface area contributed by atoms with Gasteiger partial charge in [0.2, 0.25) is 0 Å². The number of benzene rings is 2. The quantitative estimate of drug-likeness (QED) is 0.222. The van der Waals surface area contributed by atoms with Gasteiger partial charge in [0.1, 0.15) is 17.1 Å². The summed E-state index contributed by atoms with van der Waals surface area (Å²) in [5.41, 5.74) is 0.719. The highest BCUT2D eigenvalue weighted by Crippen LogP contribution is 2.37. The molecule has 39 heavy (non-hydrogen) atoms. The fourth-order valence-electron chi connectivity index (χ4n) is 3.88. The minimum Gasteiger partial charge on any atom is -0.494 e. The largest absolute Gasteiger partial charge is 0.494 e. The first kappa shape index (κ1) is 28.8. The highest BCUT2D eigenvalue weighted by molar-refractivity contribution is 6.39. The Kier molecular flexibility index (Phi) is 9.69. The minimum absolute atomic E-state index is 0.114. The summed E-state index contributed by atoms with van der Waals surface area (Å²) in [6.45, 7) is 9.30. The van der Waals surface area contributed by atoms with Gasteiger partial charge in [-0.1, -0.05) is 6.08 Å². The number of imide groups is 2. The van der Waals surface area contributed by atoms with Crippen LogP contribution in [-0.4, -0.2) is 55.3 Å². The summed E-state index contributed by atoms with van der Waals surface area (Å²) in [7, 11) is 0. The average molecular weight is 539 g/mol. The number of hydrogen-bond donors (Lipinski definition) is 2. The number of carboxylic acid groups (broad SMARTS) is 1. The monoisotopic (exact) mass is 538 g/mol. The zero-order valence-corrected chi connectivity index (χ0v) is 21.9. The molecule has 1 saturated heterocycles. The number of allylic oxidation sites excluding steroid dienone is 1. The third-order valence-corrected chi connectivity index (χ3v) is 5.35. The Balaban J connectivity index is 2.11. The molecule has 0 bridgehead atoms. The number of hydrogen-bond acceptors (Lipinski definition) is 8. The lowest BCUT2D eigenvalue weighted by molar-refractivity contribution is -0.139. The standard InChI is InChI=1S/C28H30N2O9/c1-5-9-18-12-17(14-23(38-8-4)25(18)39-16-24(31)32)13-20-26(33)29-28(35)30(27(20)34)21-15-19(36-6-2)10-11-22(21)37-7-3/h5,10-15H,1,6-9,16H2,2-4H3,(H,31,32)(H,29,33,35)/b20-13+. The first-order chi connectivity index (χ1) is 18.7. The second kappa shape index (κ2) is 13.1. The number of rotatable bonds is 13. The number of ether oxygens (including phenoxy) is 4.